The molecule has 0 saturated heterocycles. The number of ether oxygens (including phenoxy) is 1. The first-order chi connectivity index (χ1) is 21.3. The summed E-state index contributed by atoms with van der Waals surface area (Å²) in [5, 5.41) is 6.61. The highest BCUT2D eigenvalue weighted by Crippen LogP contribution is 2.33. The molecule has 3 aromatic heterocycles. The largest absolute Gasteiger partial charge is 0.374 e. The number of hydrogen-bond donors (Lipinski definition) is 3. The third-order valence-corrected chi connectivity index (χ3v) is 7.75. The SMILES string of the molecule is Cc1cc(C)c(CNC(=O)c2cc(-c3ccc(N(CCNC=O)CCOC(C)(C)C)nc3)cc3c2c(C)cn3C(C)C)c(=O)[nH]1. The number of aryl methyl sites for hydroxylation is 3. The molecule has 10 nitrogen and oxygen atoms in total. The van der Waals surface area contributed by atoms with E-state index >= 15 is 0 Å². The second-order valence-corrected chi connectivity index (χ2v) is 12.8. The van der Waals surface area contributed by atoms with E-state index in [1.54, 1.807) is 0 Å². The molecule has 1 aromatic carbocycles. The van der Waals surface area contributed by atoms with Crippen molar-refractivity contribution in [3.63, 3.8) is 0 Å². The van der Waals surface area contributed by atoms with Crippen LogP contribution in [0.4, 0.5) is 5.82 Å². The maximum absolute atomic E-state index is 13.8. The maximum Gasteiger partial charge on any atom is 0.253 e. The molecule has 4 aromatic rings. The van der Waals surface area contributed by atoms with E-state index in [4.69, 9.17) is 9.72 Å². The number of pyridine rings is 2. The summed E-state index contributed by atoms with van der Waals surface area (Å²) in [6.45, 7) is 18.3. The molecule has 0 radical (unpaired) electrons. The summed E-state index contributed by atoms with van der Waals surface area (Å²) in [6, 6.07) is 10.1. The number of nitrogens with one attached hydrogen (secondary N) is 3. The highest BCUT2D eigenvalue weighted by molar-refractivity contribution is 6.09. The van der Waals surface area contributed by atoms with Crippen LogP contribution in [0.3, 0.4) is 0 Å². The fourth-order valence-electron chi connectivity index (χ4n) is 5.53. The van der Waals surface area contributed by atoms with Crippen LogP contribution in [0.15, 0.2) is 47.5 Å². The average Bonchev–Trinajstić information content (AvgIpc) is 3.31. The number of aromatic nitrogens is 3. The number of carbonyl (C=O) groups excluding carboxylic acids is 2. The monoisotopic (exact) mass is 614 g/mol. The third-order valence-electron chi connectivity index (χ3n) is 7.75. The van der Waals surface area contributed by atoms with Gasteiger partial charge in [-0.15, -0.1) is 0 Å². The lowest BCUT2D eigenvalue weighted by atomic mass is 9.98. The number of rotatable bonds is 13. The first-order valence-corrected chi connectivity index (χ1v) is 15.4. The number of benzene rings is 1. The van der Waals surface area contributed by atoms with Gasteiger partial charge in [0.05, 0.1) is 12.2 Å². The van der Waals surface area contributed by atoms with Crippen LogP contribution < -0.4 is 21.1 Å². The Morgan fingerprint density at radius 1 is 1.09 bits per heavy atom. The van der Waals surface area contributed by atoms with E-state index in [1.165, 1.54) is 0 Å². The molecule has 0 bridgehead atoms. The molecule has 0 spiro atoms. The summed E-state index contributed by atoms with van der Waals surface area (Å²) < 4.78 is 8.12. The van der Waals surface area contributed by atoms with Gasteiger partial charge in [-0.25, -0.2) is 4.98 Å². The Balaban J connectivity index is 1.68. The molecule has 0 aliphatic rings. The number of anilines is 1. The van der Waals surface area contributed by atoms with Crippen LogP contribution in [0.2, 0.25) is 0 Å². The number of aromatic amines is 1. The van der Waals surface area contributed by atoms with Crippen LogP contribution >= 0.6 is 0 Å². The van der Waals surface area contributed by atoms with Crippen LogP contribution in [0.25, 0.3) is 22.0 Å². The Morgan fingerprint density at radius 3 is 2.47 bits per heavy atom. The standard InChI is InChI=1S/C35H46N6O4/c1-22(2)41-20-24(4)32-28(33(43)38-19-29-23(3)15-25(5)39-34(29)44)16-27(17-30(32)41)26-9-10-31(37-18-26)40(12-11-36-21-42)13-14-45-35(6,7)8/h9-10,15-18,20-22H,11-14,19H2,1-8H3,(H,36,42)(H,38,43)(H,39,44). The number of nitrogens with zero attached hydrogens (tertiary/aromatic N) is 3. The average molecular weight is 615 g/mol. The third kappa shape index (κ3) is 8.19. The minimum Gasteiger partial charge on any atom is -0.374 e. The van der Waals surface area contributed by atoms with Crippen molar-refractivity contribution in [1.82, 2.24) is 25.2 Å². The van der Waals surface area contributed by atoms with E-state index in [0.717, 1.165) is 44.7 Å². The van der Waals surface area contributed by atoms with Crippen molar-refractivity contribution in [2.75, 3.05) is 31.1 Å². The van der Waals surface area contributed by atoms with Gasteiger partial charge in [0.1, 0.15) is 5.82 Å². The van der Waals surface area contributed by atoms with Crippen molar-refractivity contribution >= 4 is 29.0 Å². The first kappa shape index (κ1) is 33.5. The molecule has 3 heterocycles. The Morgan fingerprint density at radius 2 is 1.84 bits per heavy atom. The molecule has 4 rings (SSSR count). The van der Waals surface area contributed by atoms with Crippen LogP contribution in [0.1, 0.15) is 73.4 Å². The Labute approximate surface area is 265 Å². The minimum atomic E-state index is -0.257. The molecule has 10 heteroatoms. The zero-order valence-corrected chi connectivity index (χ0v) is 27.7. The lowest BCUT2D eigenvalue weighted by Crippen LogP contribution is -2.36. The number of carbonyl (C=O) groups is 2. The molecule has 0 atom stereocenters. The van der Waals surface area contributed by atoms with Crippen LogP contribution in [0, 0.1) is 20.8 Å². The number of H-pyrrole nitrogens is 1. The molecular weight excluding hydrogens is 568 g/mol. The maximum atomic E-state index is 13.8. The Bertz CT molecular complexity index is 1710. The zero-order valence-electron chi connectivity index (χ0n) is 27.7. The lowest BCUT2D eigenvalue weighted by molar-refractivity contribution is -0.109. The van der Waals surface area contributed by atoms with E-state index in [-0.39, 0.29) is 29.7 Å². The topological polar surface area (TPSA) is 121 Å². The van der Waals surface area contributed by atoms with Crippen molar-refractivity contribution < 1.29 is 14.3 Å². The first-order valence-electron chi connectivity index (χ1n) is 15.4. The van der Waals surface area contributed by atoms with Crippen molar-refractivity contribution in [2.24, 2.45) is 0 Å². The highest BCUT2D eigenvalue weighted by atomic mass is 16.5. The van der Waals surface area contributed by atoms with Gasteiger partial charge < -0.3 is 29.8 Å². The number of hydrogen-bond acceptors (Lipinski definition) is 6. The predicted molar refractivity (Wildman–Crippen MR) is 180 cm³/mol. The van der Waals surface area contributed by atoms with E-state index in [0.29, 0.717) is 43.8 Å². The van der Waals surface area contributed by atoms with Gasteiger partial charge in [-0.3, -0.25) is 14.4 Å². The second-order valence-electron chi connectivity index (χ2n) is 12.8. The van der Waals surface area contributed by atoms with Gasteiger partial charge in [-0.1, -0.05) is 0 Å². The zero-order chi connectivity index (χ0) is 32.9. The molecule has 3 N–H and O–H groups in total. The van der Waals surface area contributed by atoms with Crippen molar-refractivity contribution in [1.29, 1.82) is 0 Å². The van der Waals surface area contributed by atoms with Crippen molar-refractivity contribution in [3.8, 4) is 11.1 Å². The predicted octanol–water partition coefficient (Wildman–Crippen LogP) is 5.20. The highest BCUT2D eigenvalue weighted by Gasteiger charge is 2.20. The van der Waals surface area contributed by atoms with Crippen molar-refractivity contribution in [2.45, 2.75) is 73.6 Å². The van der Waals surface area contributed by atoms with Crippen molar-refractivity contribution in [3.05, 3.63) is 81.0 Å². The van der Waals surface area contributed by atoms with Crippen LogP contribution in [0.5, 0.6) is 0 Å². The molecule has 0 aliphatic carbocycles. The molecule has 45 heavy (non-hydrogen) atoms. The summed E-state index contributed by atoms with van der Waals surface area (Å²) in [6.07, 6.45) is 4.59. The van der Waals surface area contributed by atoms with E-state index in [2.05, 4.69) is 51.2 Å². The van der Waals surface area contributed by atoms with Gasteiger partial charge in [0.15, 0.2) is 0 Å². The normalized spacial score (nSPS) is 11.7. The quantitative estimate of drug-likeness (QED) is 0.141. The van der Waals surface area contributed by atoms with Gasteiger partial charge in [-0.2, -0.15) is 0 Å². The molecule has 2 amide bonds. The number of fused-ring (bicyclic) bond motifs is 1. The van der Waals surface area contributed by atoms with Gasteiger partial charge in [0.2, 0.25) is 6.41 Å². The van der Waals surface area contributed by atoms with E-state index in [1.807, 2.05) is 72.0 Å². The molecule has 0 aliphatic heterocycles. The second kappa shape index (κ2) is 14.1. The van der Waals surface area contributed by atoms with Crippen LogP contribution in [-0.4, -0.2) is 58.7 Å². The number of amides is 2. The Hall–Kier alpha value is -4.44. The smallest absolute Gasteiger partial charge is 0.253 e. The fraction of sp³-hybridized carbons (Fsp3) is 0.429. The molecule has 240 valence electrons. The molecule has 0 fully saturated rings. The Kier molecular flexibility index (Phi) is 10.5. The molecular formula is C35H46N6O4. The summed E-state index contributed by atoms with van der Waals surface area (Å²) in [5.74, 6) is 0.520. The molecule has 0 unspecified atom stereocenters. The minimum absolute atomic E-state index is 0.125. The summed E-state index contributed by atoms with van der Waals surface area (Å²) >= 11 is 0. The fourth-order valence-corrected chi connectivity index (χ4v) is 5.53. The van der Waals surface area contributed by atoms with Gasteiger partial charge in [-0.05, 0) is 102 Å². The molecule has 0 saturated carbocycles. The summed E-state index contributed by atoms with van der Waals surface area (Å²) in [7, 11) is 0. The van der Waals surface area contributed by atoms with E-state index < -0.39 is 0 Å². The summed E-state index contributed by atoms with van der Waals surface area (Å²) in [4.78, 5) is 46.9. The lowest BCUT2D eigenvalue weighted by Gasteiger charge is -2.26. The van der Waals surface area contributed by atoms with Gasteiger partial charge in [0, 0.05) is 77.9 Å². The van der Waals surface area contributed by atoms with Gasteiger partial charge in [0.25, 0.3) is 11.5 Å². The van der Waals surface area contributed by atoms with Gasteiger partial charge >= 0.3 is 0 Å². The summed E-state index contributed by atoms with van der Waals surface area (Å²) in [5.41, 5.74) is 5.95. The van der Waals surface area contributed by atoms with E-state index in [9.17, 15) is 14.4 Å². The van der Waals surface area contributed by atoms with Crippen LogP contribution in [-0.2, 0) is 16.1 Å².